The average molecular weight is 267 g/mol. The van der Waals surface area contributed by atoms with Crippen LogP contribution in [0.2, 0.25) is 0 Å². The van der Waals surface area contributed by atoms with Crippen molar-refractivity contribution in [1.29, 1.82) is 0 Å². The van der Waals surface area contributed by atoms with Crippen LogP contribution in [0.4, 0.5) is 18.9 Å². The van der Waals surface area contributed by atoms with Gasteiger partial charge in [0.25, 0.3) is 0 Å². The molecule has 1 heterocycles. The molecule has 0 bridgehead atoms. The van der Waals surface area contributed by atoms with Crippen LogP contribution in [0, 0.1) is 6.92 Å². The summed E-state index contributed by atoms with van der Waals surface area (Å²) in [6, 6.07) is 2.76. The van der Waals surface area contributed by atoms with Crippen molar-refractivity contribution in [2.24, 2.45) is 0 Å². The average Bonchev–Trinajstić information content (AvgIpc) is 2.66. The minimum absolute atomic E-state index is 0.165. The van der Waals surface area contributed by atoms with E-state index in [0.29, 0.717) is 11.3 Å². The molecule has 0 aromatic heterocycles. The molecule has 1 aliphatic carbocycles. The van der Waals surface area contributed by atoms with Gasteiger partial charge in [0.1, 0.15) is 0 Å². The Hall–Kier alpha value is -1.45. The Kier molecular flexibility index (Phi) is 2.50. The molecule has 0 saturated heterocycles. The Morgan fingerprint density at radius 3 is 2.68 bits per heavy atom. The van der Waals surface area contributed by atoms with E-state index in [-0.39, 0.29) is 5.54 Å². The molecule has 0 radical (unpaired) electrons. The lowest BCUT2D eigenvalue weighted by Gasteiger charge is -2.35. The molecule has 1 nitrogen and oxygen atoms in total. The predicted molar refractivity (Wildman–Crippen MR) is 70.0 cm³/mol. The first-order chi connectivity index (χ1) is 8.81. The van der Waals surface area contributed by atoms with Crippen molar-refractivity contribution in [3.63, 3.8) is 0 Å². The van der Waals surface area contributed by atoms with E-state index < -0.39 is 11.7 Å². The molecule has 1 aromatic carbocycles. The van der Waals surface area contributed by atoms with Crippen LogP contribution in [0.3, 0.4) is 0 Å². The highest BCUT2D eigenvalue weighted by Gasteiger charge is 2.39. The van der Waals surface area contributed by atoms with E-state index in [1.54, 1.807) is 13.0 Å². The van der Waals surface area contributed by atoms with Crippen LogP contribution in [0.15, 0.2) is 17.7 Å². The molecule has 1 N–H and O–H groups in total. The zero-order chi connectivity index (χ0) is 13.8. The van der Waals surface area contributed by atoms with Crippen molar-refractivity contribution < 1.29 is 13.2 Å². The second-order valence-corrected chi connectivity index (χ2v) is 5.68. The molecule has 4 heteroatoms. The lowest BCUT2D eigenvalue weighted by Crippen LogP contribution is -2.36. The number of rotatable bonds is 0. The van der Waals surface area contributed by atoms with Crippen molar-refractivity contribution in [2.75, 3.05) is 5.32 Å². The molecule has 19 heavy (non-hydrogen) atoms. The molecule has 102 valence electrons. The summed E-state index contributed by atoms with van der Waals surface area (Å²) in [4.78, 5) is 0. The molecule has 3 rings (SSSR count). The topological polar surface area (TPSA) is 12.0 Å². The fourth-order valence-corrected chi connectivity index (χ4v) is 3.23. The van der Waals surface area contributed by atoms with Crippen LogP contribution >= 0.6 is 0 Å². The largest absolute Gasteiger partial charge is 0.416 e. The molecule has 0 spiro atoms. The van der Waals surface area contributed by atoms with E-state index in [9.17, 15) is 13.2 Å². The molecule has 1 saturated carbocycles. The van der Waals surface area contributed by atoms with Crippen LogP contribution in [0.1, 0.15) is 42.9 Å². The Labute approximate surface area is 110 Å². The van der Waals surface area contributed by atoms with E-state index >= 15 is 0 Å². The van der Waals surface area contributed by atoms with Crippen LogP contribution in [-0.2, 0) is 6.18 Å². The predicted octanol–water partition coefficient (Wildman–Crippen LogP) is 4.77. The van der Waals surface area contributed by atoms with Gasteiger partial charge in [-0.15, -0.1) is 0 Å². The maximum atomic E-state index is 12.9. The van der Waals surface area contributed by atoms with Crippen molar-refractivity contribution in [2.45, 2.75) is 44.8 Å². The summed E-state index contributed by atoms with van der Waals surface area (Å²) in [5.41, 5.74) is 2.41. The van der Waals surface area contributed by atoms with Gasteiger partial charge in [0.05, 0.1) is 11.1 Å². The quantitative estimate of drug-likeness (QED) is 0.714. The van der Waals surface area contributed by atoms with Crippen molar-refractivity contribution in [3.05, 3.63) is 34.4 Å². The number of halogens is 3. The van der Waals surface area contributed by atoms with Crippen molar-refractivity contribution >= 4 is 11.8 Å². The summed E-state index contributed by atoms with van der Waals surface area (Å²) in [7, 11) is 0. The van der Waals surface area contributed by atoms with Gasteiger partial charge in [0.15, 0.2) is 0 Å². The van der Waals surface area contributed by atoms with Gasteiger partial charge >= 0.3 is 6.18 Å². The van der Waals surface area contributed by atoms with Gasteiger partial charge in [0, 0.05) is 5.69 Å². The molecular formula is C15H16F3N. The van der Waals surface area contributed by atoms with Gasteiger partial charge in [-0.05, 0) is 55.9 Å². The zero-order valence-electron chi connectivity index (χ0n) is 11.0. The van der Waals surface area contributed by atoms with Crippen LogP contribution in [0.25, 0.3) is 6.08 Å². The molecule has 1 unspecified atom stereocenters. The maximum absolute atomic E-state index is 12.9. The Bertz CT molecular complexity index is 571. The summed E-state index contributed by atoms with van der Waals surface area (Å²) in [5, 5.41) is 3.35. The fraction of sp³-hybridized carbons (Fsp3) is 0.467. The highest BCUT2D eigenvalue weighted by Crippen LogP contribution is 2.46. The van der Waals surface area contributed by atoms with Gasteiger partial charge in [-0.2, -0.15) is 13.2 Å². The number of nitrogens with one attached hydrogen (secondary N) is 1. The summed E-state index contributed by atoms with van der Waals surface area (Å²) in [6.07, 6.45) is 0.874. The van der Waals surface area contributed by atoms with Gasteiger partial charge in [-0.3, -0.25) is 0 Å². The molecule has 1 atom stereocenters. The van der Waals surface area contributed by atoms with E-state index in [1.165, 1.54) is 11.6 Å². The second-order valence-electron chi connectivity index (χ2n) is 5.68. The van der Waals surface area contributed by atoms with E-state index in [0.717, 1.165) is 24.8 Å². The first kappa shape index (κ1) is 12.6. The smallest absolute Gasteiger partial charge is 0.375 e. The van der Waals surface area contributed by atoms with Crippen molar-refractivity contribution in [1.82, 2.24) is 0 Å². The number of anilines is 1. The van der Waals surface area contributed by atoms with E-state index in [2.05, 4.69) is 18.3 Å². The lowest BCUT2D eigenvalue weighted by atomic mass is 9.86. The number of alkyl halides is 3. The Balaban J connectivity index is 2.15. The Morgan fingerprint density at radius 2 is 2.00 bits per heavy atom. The van der Waals surface area contributed by atoms with E-state index in [4.69, 9.17) is 0 Å². The van der Waals surface area contributed by atoms with Crippen LogP contribution in [0.5, 0.6) is 0 Å². The molecule has 0 amide bonds. The standard InChI is InChI=1S/C15H16F3N/c1-9-12(15(16,17)18)6-5-10-8-11-4-3-7-14(11,2)19-13(9)10/h5-6,8,19H,3-4,7H2,1-2H3. The third-order valence-corrected chi connectivity index (χ3v) is 4.36. The monoisotopic (exact) mass is 267 g/mol. The zero-order valence-corrected chi connectivity index (χ0v) is 11.0. The third kappa shape index (κ3) is 1.85. The second kappa shape index (κ2) is 3.78. The van der Waals surface area contributed by atoms with Crippen LogP contribution < -0.4 is 5.32 Å². The molecule has 1 fully saturated rings. The number of hydrogen-bond acceptors (Lipinski definition) is 1. The highest BCUT2D eigenvalue weighted by molar-refractivity contribution is 5.78. The van der Waals surface area contributed by atoms with Crippen molar-refractivity contribution in [3.8, 4) is 0 Å². The normalized spacial score (nSPS) is 25.4. The van der Waals surface area contributed by atoms with Gasteiger partial charge in [0.2, 0.25) is 0 Å². The lowest BCUT2D eigenvalue weighted by molar-refractivity contribution is -0.138. The number of hydrogen-bond donors (Lipinski definition) is 1. The third-order valence-electron chi connectivity index (χ3n) is 4.36. The number of fused-ring (bicyclic) bond motifs is 2. The number of benzene rings is 1. The Morgan fingerprint density at radius 1 is 1.26 bits per heavy atom. The molecule has 1 aromatic rings. The summed E-state index contributed by atoms with van der Waals surface area (Å²) >= 11 is 0. The SMILES string of the molecule is Cc1c(C(F)(F)F)ccc2c1NC1(C)CCCC1=C2. The van der Waals surface area contributed by atoms with Gasteiger partial charge in [-0.25, -0.2) is 0 Å². The minimum Gasteiger partial charge on any atom is -0.375 e. The first-order valence-corrected chi connectivity index (χ1v) is 6.51. The van der Waals surface area contributed by atoms with E-state index in [1.807, 2.05) is 0 Å². The first-order valence-electron chi connectivity index (χ1n) is 6.51. The summed E-state index contributed by atoms with van der Waals surface area (Å²) in [6.45, 7) is 3.63. The molecular weight excluding hydrogens is 251 g/mol. The molecule has 2 aliphatic rings. The minimum atomic E-state index is -4.29. The summed E-state index contributed by atoms with van der Waals surface area (Å²) in [5.74, 6) is 0. The van der Waals surface area contributed by atoms with Crippen LogP contribution in [-0.4, -0.2) is 5.54 Å². The maximum Gasteiger partial charge on any atom is 0.416 e. The highest BCUT2D eigenvalue weighted by atomic mass is 19.4. The van der Waals surface area contributed by atoms with Gasteiger partial charge in [-0.1, -0.05) is 12.1 Å². The summed E-state index contributed by atoms with van der Waals surface area (Å²) < 4.78 is 38.8. The molecule has 1 aliphatic heterocycles. The fourth-order valence-electron chi connectivity index (χ4n) is 3.23. The van der Waals surface area contributed by atoms with Gasteiger partial charge < -0.3 is 5.32 Å².